The number of benzene rings is 5. The van der Waals surface area contributed by atoms with Gasteiger partial charge in [-0.2, -0.15) is 0 Å². The van der Waals surface area contributed by atoms with Crippen LogP contribution in [0.25, 0.3) is 11.1 Å². The lowest BCUT2D eigenvalue weighted by atomic mass is 10.0. The molecule has 33 heavy (non-hydrogen) atoms. The van der Waals surface area contributed by atoms with Gasteiger partial charge in [0.1, 0.15) is 23.2 Å². The molecule has 5 aromatic rings. The Bertz CT molecular complexity index is 1290. The Hall–Kier alpha value is -3.47. The second-order valence-electron chi connectivity index (χ2n) is 8.75. The lowest BCUT2D eigenvalue weighted by molar-refractivity contribution is 1.20. The fourth-order valence-corrected chi connectivity index (χ4v) is 9.69. The summed E-state index contributed by atoms with van der Waals surface area (Å²) in [4.78, 5) is 0. The molecule has 0 bridgehead atoms. The summed E-state index contributed by atoms with van der Waals surface area (Å²) in [5, 5.41) is 4.32. The molecule has 5 aromatic carbocycles. The molecule has 0 saturated carbocycles. The number of fused-ring (bicyclic) bond motifs is 3. The maximum Gasteiger partial charge on any atom is 0.116 e. The molecule has 0 amide bonds. The van der Waals surface area contributed by atoms with Crippen molar-refractivity contribution < 1.29 is 0 Å². The number of hydrogen-bond donors (Lipinski definition) is 0. The monoisotopic (exact) mass is 441 g/mol. The number of hydrogen-bond acceptors (Lipinski definition) is 0. The Morgan fingerprint density at radius 2 is 0.939 bits per heavy atom. The van der Waals surface area contributed by atoms with Gasteiger partial charge in [-0.25, -0.2) is 0 Å². The third-order valence-corrected chi connectivity index (χ3v) is 11.3. The first-order chi connectivity index (χ1) is 16.4. The van der Waals surface area contributed by atoms with Gasteiger partial charge in [0, 0.05) is 0 Å². The van der Waals surface area contributed by atoms with Crippen LogP contribution in [0, 0.1) is 0 Å². The fourth-order valence-electron chi connectivity index (χ4n) is 5.40. The predicted octanol–water partition coefficient (Wildman–Crippen LogP) is 6.75. The van der Waals surface area contributed by atoms with Crippen molar-refractivity contribution in [3.63, 3.8) is 0 Å². The Kier molecular flexibility index (Phi) is 5.17. The molecule has 0 N–H and O–H groups in total. The lowest BCUT2D eigenvalue weighted by Crippen LogP contribution is -2.32. The zero-order chi connectivity index (χ0) is 22.1. The van der Waals surface area contributed by atoms with E-state index >= 15 is 0 Å². The summed E-state index contributed by atoms with van der Waals surface area (Å²) < 4.78 is 0. The normalized spacial score (nSPS) is 12.2. The maximum absolute atomic E-state index is 2.37. The Labute approximate surface area is 196 Å². The second kappa shape index (κ2) is 8.47. The summed E-state index contributed by atoms with van der Waals surface area (Å²) in [7, 11) is -1.90. The molecule has 6 rings (SSSR count). The van der Waals surface area contributed by atoms with Gasteiger partial charge in [-0.1, -0.05) is 97.1 Å². The molecule has 0 nitrogen and oxygen atoms in total. The van der Waals surface area contributed by atoms with Crippen molar-refractivity contribution in [1.29, 1.82) is 0 Å². The van der Waals surface area contributed by atoms with Crippen LogP contribution in [-0.2, 0) is 12.6 Å². The van der Waals surface area contributed by atoms with E-state index in [1.165, 1.54) is 43.7 Å². The summed E-state index contributed by atoms with van der Waals surface area (Å²) in [6.45, 7) is 0. The van der Waals surface area contributed by atoms with E-state index in [9.17, 15) is 0 Å². The van der Waals surface area contributed by atoms with Gasteiger partial charge in [-0.15, -0.1) is 0 Å². The van der Waals surface area contributed by atoms with Crippen LogP contribution in [0.1, 0.15) is 16.7 Å². The van der Waals surface area contributed by atoms with Gasteiger partial charge >= 0.3 is 0 Å². The van der Waals surface area contributed by atoms with Crippen molar-refractivity contribution in [2.24, 2.45) is 0 Å². The van der Waals surface area contributed by atoms with Crippen molar-refractivity contribution in [1.82, 2.24) is 0 Å². The van der Waals surface area contributed by atoms with Gasteiger partial charge < -0.3 is 0 Å². The molecule has 1 aliphatic carbocycles. The molecule has 1 aliphatic rings. The van der Waals surface area contributed by atoms with Crippen LogP contribution in [0.15, 0.2) is 133 Å². The molecular weight excluding hydrogens is 415 g/mol. The van der Waals surface area contributed by atoms with Crippen molar-refractivity contribution in [2.75, 3.05) is 0 Å². The van der Waals surface area contributed by atoms with Crippen LogP contribution < -0.4 is 15.9 Å². The van der Waals surface area contributed by atoms with Gasteiger partial charge in [-0.05, 0) is 70.6 Å². The van der Waals surface area contributed by atoms with Crippen LogP contribution in [0.2, 0.25) is 0 Å². The molecule has 0 fully saturated rings. The molecular formula is C32H26P+. The molecule has 1 heteroatoms. The quantitative estimate of drug-likeness (QED) is 0.260. The molecule has 0 heterocycles. The maximum atomic E-state index is 2.37. The molecule has 0 saturated heterocycles. The van der Waals surface area contributed by atoms with Crippen molar-refractivity contribution in [2.45, 2.75) is 12.6 Å². The topological polar surface area (TPSA) is 0 Å². The lowest BCUT2D eigenvalue weighted by Gasteiger charge is -2.28. The van der Waals surface area contributed by atoms with Gasteiger partial charge in [0.25, 0.3) is 0 Å². The number of rotatable bonds is 5. The minimum absolute atomic E-state index is 1.03. The minimum Gasteiger partial charge on any atom is -0.0620 e. The Morgan fingerprint density at radius 3 is 1.52 bits per heavy atom. The van der Waals surface area contributed by atoms with Gasteiger partial charge in [0.2, 0.25) is 0 Å². The fraction of sp³-hybridized carbons (Fsp3) is 0.0625. The van der Waals surface area contributed by atoms with E-state index in [1.54, 1.807) is 0 Å². The highest BCUT2D eigenvalue weighted by Gasteiger charge is 2.46. The molecule has 0 radical (unpaired) electrons. The third-order valence-electron chi connectivity index (χ3n) is 6.95. The van der Waals surface area contributed by atoms with E-state index in [0.717, 1.165) is 12.6 Å². The SMILES string of the molecule is c1ccc([P+](Cc2cccc3c2Cc2ccccc2-3)(c2ccccc2)c2ccccc2)cc1. The second-order valence-corrected chi connectivity index (χ2v) is 12.2. The summed E-state index contributed by atoms with van der Waals surface area (Å²) >= 11 is 0. The molecule has 0 aromatic heterocycles. The summed E-state index contributed by atoms with van der Waals surface area (Å²) in [6, 6.07) is 49.4. The summed E-state index contributed by atoms with van der Waals surface area (Å²) in [5.41, 5.74) is 7.25. The van der Waals surface area contributed by atoms with E-state index < -0.39 is 7.26 Å². The molecule has 0 unspecified atom stereocenters. The van der Waals surface area contributed by atoms with Gasteiger partial charge in [0.15, 0.2) is 0 Å². The third kappa shape index (κ3) is 3.43. The van der Waals surface area contributed by atoms with Crippen LogP contribution in [0.5, 0.6) is 0 Å². The smallest absolute Gasteiger partial charge is 0.0620 e. The highest BCUT2D eigenvalue weighted by atomic mass is 31.2. The molecule has 0 spiro atoms. The van der Waals surface area contributed by atoms with E-state index in [0.29, 0.717) is 0 Å². The van der Waals surface area contributed by atoms with E-state index in [4.69, 9.17) is 0 Å². The molecule has 158 valence electrons. The molecule has 0 atom stereocenters. The largest absolute Gasteiger partial charge is 0.116 e. The van der Waals surface area contributed by atoms with Crippen molar-refractivity contribution >= 4 is 23.2 Å². The average Bonchev–Trinajstić information content (AvgIpc) is 3.28. The van der Waals surface area contributed by atoms with Crippen LogP contribution >= 0.6 is 7.26 Å². The first-order valence-corrected chi connectivity index (χ1v) is 13.6. The Morgan fingerprint density at radius 1 is 0.455 bits per heavy atom. The van der Waals surface area contributed by atoms with Gasteiger partial charge in [-0.3, -0.25) is 0 Å². The predicted molar refractivity (Wildman–Crippen MR) is 144 cm³/mol. The zero-order valence-electron chi connectivity index (χ0n) is 18.6. The standard InChI is InChI=1S/C32H26P/c1-4-15-27(16-5-1)33(28-17-6-2-7-18-28,29-19-8-3-9-20-29)24-26-14-12-22-31-30-21-11-10-13-25(30)23-32(26)31/h1-22H,23-24H2/q+1. The van der Waals surface area contributed by atoms with Crippen molar-refractivity contribution in [3.05, 3.63) is 150 Å². The average molecular weight is 442 g/mol. The van der Waals surface area contributed by atoms with Crippen LogP contribution in [0.4, 0.5) is 0 Å². The summed E-state index contributed by atoms with van der Waals surface area (Å²) in [5.74, 6) is 0. The van der Waals surface area contributed by atoms with Crippen LogP contribution in [-0.4, -0.2) is 0 Å². The molecule has 0 aliphatic heterocycles. The first-order valence-electron chi connectivity index (χ1n) is 11.6. The first kappa shape index (κ1) is 20.2. The van der Waals surface area contributed by atoms with Crippen LogP contribution in [0.3, 0.4) is 0 Å². The highest BCUT2D eigenvalue weighted by molar-refractivity contribution is 7.95. The van der Waals surface area contributed by atoms with Gasteiger partial charge in [0.05, 0.1) is 6.16 Å². The van der Waals surface area contributed by atoms with Crippen molar-refractivity contribution in [3.8, 4) is 11.1 Å². The minimum atomic E-state index is -1.90. The Balaban J connectivity index is 1.60. The summed E-state index contributed by atoms with van der Waals surface area (Å²) in [6.07, 6.45) is 2.06. The van der Waals surface area contributed by atoms with E-state index in [2.05, 4.69) is 133 Å². The highest BCUT2D eigenvalue weighted by Crippen LogP contribution is 2.59. The zero-order valence-corrected chi connectivity index (χ0v) is 19.5. The van der Waals surface area contributed by atoms with E-state index in [1.807, 2.05) is 0 Å². The van der Waals surface area contributed by atoms with E-state index in [-0.39, 0.29) is 0 Å².